The Bertz CT molecular complexity index is 1010. The molecule has 1 fully saturated rings. The Labute approximate surface area is 153 Å². The second kappa shape index (κ2) is 7.22. The van der Waals surface area contributed by atoms with Crippen LogP contribution in [0.2, 0.25) is 0 Å². The maximum Gasteiger partial charge on any atom is 0.340 e. The van der Waals surface area contributed by atoms with E-state index in [1.807, 2.05) is 0 Å². The Balaban J connectivity index is 1.45. The highest BCUT2D eigenvalue weighted by Gasteiger charge is 2.30. The number of carbonyl (C=O) groups is 1. The van der Waals surface area contributed by atoms with Gasteiger partial charge in [0.2, 0.25) is 0 Å². The number of aromatic nitrogens is 5. The number of carbonyl (C=O) groups excluding carboxylic acids is 1. The van der Waals surface area contributed by atoms with E-state index in [4.69, 9.17) is 0 Å². The van der Waals surface area contributed by atoms with Crippen LogP contribution in [0.4, 0.5) is 9.18 Å². The van der Waals surface area contributed by atoms with E-state index < -0.39 is 0 Å². The number of H-pyrrole nitrogens is 3. The summed E-state index contributed by atoms with van der Waals surface area (Å²) in [5.41, 5.74) is 0.937. The summed E-state index contributed by atoms with van der Waals surface area (Å²) in [5, 5.41) is 8.97. The lowest BCUT2D eigenvalue weighted by molar-refractivity contribution is 0.148. The lowest BCUT2D eigenvalue weighted by Crippen LogP contribution is -2.45. The molecule has 0 radical (unpaired) electrons. The molecular formula is C17H20FN7O2. The van der Waals surface area contributed by atoms with Crippen LogP contribution in [0.5, 0.6) is 0 Å². The molecule has 1 aliphatic heterocycles. The van der Waals surface area contributed by atoms with Crippen molar-refractivity contribution < 1.29 is 9.18 Å². The molecular weight excluding hydrogens is 353 g/mol. The first-order chi connectivity index (χ1) is 13.1. The van der Waals surface area contributed by atoms with Gasteiger partial charge < -0.3 is 15.2 Å². The van der Waals surface area contributed by atoms with Crippen molar-refractivity contribution in [3.63, 3.8) is 0 Å². The van der Waals surface area contributed by atoms with Crippen LogP contribution in [0.1, 0.15) is 37.0 Å². The number of likely N-dealkylation sites (tertiary alicyclic amines) is 1. The van der Waals surface area contributed by atoms with Crippen LogP contribution in [-0.2, 0) is 6.42 Å². The molecule has 0 bridgehead atoms. The fraction of sp³-hybridized carbons (Fsp3) is 0.412. The predicted molar refractivity (Wildman–Crippen MR) is 95.7 cm³/mol. The average molecular weight is 373 g/mol. The third kappa shape index (κ3) is 3.69. The summed E-state index contributed by atoms with van der Waals surface area (Å²) in [6.07, 6.45) is 3.13. The van der Waals surface area contributed by atoms with Gasteiger partial charge in [-0.1, -0.05) is 0 Å². The largest absolute Gasteiger partial charge is 0.340 e. The van der Waals surface area contributed by atoms with E-state index in [0.717, 1.165) is 19.3 Å². The monoisotopic (exact) mass is 373 g/mol. The molecule has 4 N–H and O–H groups in total. The van der Waals surface area contributed by atoms with Gasteiger partial charge in [-0.3, -0.25) is 4.98 Å². The van der Waals surface area contributed by atoms with Gasteiger partial charge in [-0.15, -0.1) is 0 Å². The lowest BCUT2D eigenvalue weighted by Gasteiger charge is -2.34. The van der Waals surface area contributed by atoms with E-state index in [1.165, 1.54) is 12.1 Å². The fourth-order valence-electron chi connectivity index (χ4n) is 3.43. The summed E-state index contributed by atoms with van der Waals surface area (Å²) in [7, 11) is 0. The highest BCUT2D eigenvalue weighted by Crippen LogP contribution is 2.30. The van der Waals surface area contributed by atoms with Crippen molar-refractivity contribution in [2.75, 3.05) is 13.1 Å². The molecule has 1 saturated heterocycles. The molecule has 0 saturated carbocycles. The van der Waals surface area contributed by atoms with Gasteiger partial charge in [0.25, 0.3) is 0 Å². The van der Waals surface area contributed by atoms with Crippen LogP contribution < -0.4 is 11.0 Å². The van der Waals surface area contributed by atoms with E-state index in [9.17, 15) is 14.0 Å². The number of hydrogen-bond donors (Lipinski definition) is 4. The van der Waals surface area contributed by atoms with Crippen LogP contribution in [0.15, 0.2) is 23.0 Å². The molecule has 0 unspecified atom stereocenters. The third-order valence-electron chi connectivity index (χ3n) is 4.73. The van der Waals surface area contributed by atoms with Gasteiger partial charge in [0.15, 0.2) is 0 Å². The van der Waals surface area contributed by atoms with Crippen molar-refractivity contribution >= 4 is 17.1 Å². The van der Waals surface area contributed by atoms with E-state index >= 15 is 0 Å². The topological polar surface area (TPSA) is 123 Å². The second-order valence-corrected chi connectivity index (χ2v) is 6.59. The SMILES string of the molecule is O=C(NCCc1n[nH]c(=O)[nH]1)N1CCCC[C@@H]1c1nc2ccc(F)cc2[nH]1. The van der Waals surface area contributed by atoms with Gasteiger partial charge in [0.05, 0.1) is 17.1 Å². The average Bonchev–Trinajstić information content (AvgIpc) is 3.27. The minimum atomic E-state index is -0.367. The molecule has 1 aliphatic rings. The van der Waals surface area contributed by atoms with Crippen LogP contribution in [0.25, 0.3) is 11.0 Å². The van der Waals surface area contributed by atoms with Crippen LogP contribution in [0.3, 0.4) is 0 Å². The number of imidazole rings is 1. The number of urea groups is 1. The molecule has 0 spiro atoms. The number of benzene rings is 1. The highest BCUT2D eigenvalue weighted by atomic mass is 19.1. The molecule has 2 amide bonds. The van der Waals surface area contributed by atoms with Gasteiger partial charge in [0, 0.05) is 19.5 Å². The smallest absolute Gasteiger partial charge is 0.340 e. The van der Waals surface area contributed by atoms with E-state index in [1.54, 1.807) is 11.0 Å². The van der Waals surface area contributed by atoms with E-state index in [2.05, 4.69) is 30.5 Å². The number of amides is 2. The molecule has 1 aromatic carbocycles. The third-order valence-corrected chi connectivity index (χ3v) is 4.73. The zero-order valence-electron chi connectivity index (χ0n) is 14.6. The van der Waals surface area contributed by atoms with Gasteiger partial charge >= 0.3 is 11.7 Å². The maximum atomic E-state index is 13.4. The first-order valence-corrected chi connectivity index (χ1v) is 8.93. The second-order valence-electron chi connectivity index (χ2n) is 6.59. The van der Waals surface area contributed by atoms with Crippen molar-refractivity contribution in [3.05, 3.63) is 46.1 Å². The van der Waals surface area contributed by atoms with Crippen molar-refractivity contribution in [2.45, 2.75) is 31.7 Å². The number of nitrogens with zero attached hydrogens (tertiary/aromatic N) is 3. The van der Waals surface area contributed by atoms with Crippen molar-refractivity contribution in [1.82, 2.24) is 35.4 Å². The molecule has 142 valence electrons. The number of aromatic amines is 3. The highest BCUT2D eigenvalue weighted by molar-refractivity contribution is 5.76. The van der Waals surface area contributed by atoms with Crippen molar-refractivity contribution in [2.24, 2.45) is 0 Å². The number of piperidine rings is 1. The fourth-order valence-corrected chi connectivity index (χ4v) is 3.43. The Morgan fingerprint density at radius 2 is 2.22 bits per heavy atom. The molecule has 2 aromatic heterocycles. The van der Waals surface area contributed by atoms with Crippen molar-refractivity contribution in [1.29, 1.82) is 0 Å². The molecule has 9 nitrogen and oxygen atoms in total. The van der Waals surface area contributed by atoms with Crippen LogP contribution in [0, 0.1) is 5.82 Å². The molecule has 3 heterocycles. The van der Waals surface area contributed by atoms with Crippen LogP contribution in [-0.4, -0.2) is 49.2 Å². The quantitative estimate of drug-likeness (QED) is 0.555. The number of hydrogen-bond acceptors (Lipinski definition) is 4. The molecule has 10 heteroatoms. The number of nitrogens with one attached hydrogen (secondary N) is 4. The summed E-state index contributed by atoms with van der Waals surface area (Å²) >= 11 is 0. The Kier molecular flexibility index (Phi) is 4.61. The zero-order chi connectivity index (χ0) is 18.8. The van der Waals surface area contributed by atoms with E-state index in [-0.39, 0.29) is 23.6 Å². The number of rotatable bonds is 4. The molecule has 3 aromatic rings. The molecule has 0 aliphatic carbocycles. The Morgan fingerprint density at radius 3 is 3.04 bits per heavy atom. The normalized spacial score (nSPS) is 17.4. The number of halogens is 1. The number of fused-ring (bicyclic) bond motifs is 1. The maximum absolute atomic E-state index is 13.4. The van der Waals surface area contributed by atoms with Crippen molar-refractivity contribution in [3.8, 4) is 0 Å². The van der Waals surface area contributed by atoms with Gasteiger partial charge in [-0.2, -0.15) is 5.10 Å². The minimum Gasteiger partial charge on any atom is -0.340 e. The zero-order valence-corrected chi connectivity index (χ0v) is 14.6. The lowest BCUT2D eigenvalue weighted by atomic mass is 10.0. The standard InChI is InChI=1S/C17H20FN7O2/c18-10-4-5-11-12(9-10)21-15(20-11)13-3-1-2-8-25(13)17(27)19-7-6-14-22-16(26)24-23-14/h4-5,9,13H,1-3,6-8H2,(H,19,27)(H,20,21)(H2,22,23,24,26)/t13-/m1/s1. The summed E-state index contributed by atoms with van der Waals surface area (Å²) < 4.78 is 13.4. The predicted octanol–water partition coefficient (Wildman–Crippen LogP) is 1.59. The summed E-state index contributed by atoms with van der Waals surface area (Å²) in [5.74, 6) is 0.837. The minimum absolute atomic E-state index is 0.181. The Morgan fingerprint density at radius 1 is 1.33 bits per heavy atom. The van der Waals surface area contributed by atoms with Gasteiger partial charge in [-0.05, 0) is 37.5 Å². The Hall–Kier alpha value is -3.17. The molecule has 4 rings (SSSR count). The first kappa shape index (κ1) is 17.3. The summed E-state index contributed by atoms with van der Waals surface area (Å²) in [6, 6.07) is 4.04. The van der Waals surface area contributed by atoms with E-state index in [0.29, 0.717) is 42.2 Å². The molecule has 1 atom stereocenters. The molecule has 27 heavy (non-hydrogen) atoms. The van der Waals surface area contributed by atoms with Gasteiger partial charge in [0.1, 0.15) is 17.5 Å². The summed E-state index contributed by atoms with van der Waals surface area (Å²) in [6.45, 7) is 0.981. The van der Waals surface area contributed by atoms with Crippen LogP contribution >= 0.6 is 0 Å². The van der Waals surface area contributed by atoms with Gasteiger partial charge in [-0.25, -0.2) is 24.1 Å². The first-order valence-electron chi connectivity index (χ1n) is 8.93. The summed E-state index contributed by atoms with van der Waals surface area (Å²) in [4.78, 5) is 35.7.